The van der Waals surface area contributed by atoms with Crippen molar-refractivity contribution in [3.05, 3.63) is 71.8 Å². The van der Waals surface area contributed by atoms with Gasteiger partial charge in [0.15, 0.2) is 17.2 Å². The van der Waals surface area contributed by atoms with Crippen LogP contribution in [-0.2, 0) is 7.05 Å². The lowest BCUT2D eigenvalue weighted by molar-refractivity contribution is 0.102. The van der Waals surface area contributed by atoms with E-state index >= 15 is 0 Å². The van der Waals surface area contributed by atoms with E-state index in [1.54, 1.807) is 23.1 Å². The Morgan fingerprint density at radius 1 is 1.19 bits per heavy atom. The van der Waals surface area contributed by atoms with Crippen LogP contribution in [-0.4, -0.2) is 32.8 Å². The van der Waals surface area contributed by atoms with Gasteiger partial charge in [-0.25, -0.2) is 19.0 Å². The summed E-state index contributed by atoms with van der Waals surface area (Å²) >= 11 is 0. The number of amides is 1. The number of anilines is 2. The molecule has 2 aromatic carbocycles. The molecule has 0 spiro atoms. The molecular formula is C22H21FN6O2. The highest BCUT2D eigenvalue weighted by atomic mass is 19.1. The number of aryl methyl sites for hydroxylation is 1. The second-order valence-corrected chi connectivity index (χ2v) is 7.03. The first-order valence-electron chi connectivity index (χ1n) is 9.60. The molecule has 158 valence electrons. The average Bonchev–Trinajstić information content (AvgIpc) is 3.14. The van der Waals surface area contributed by atoms with Gasteiger partial charge in [-0.1, -0.05) is 12.1 Å². The molecule has 4 aromatic rings. The standard InChI is InChI=1S/C22H21FN6O2/c1-13(26-20-12-24-18-11-25-29(2)21(18)28-20)14-5-4-6-16(9-14)27-22(30)15-7-8-19(31-3)17(23)10-15/h4-13H,1-3H3,(H,26,28)(H,27,30)/t13-/m0/s1. The number of aromatic nitrogens is 4. The molecule has 0 aliphatic carbocycles. The molecular weight excluding hydrogens is 399 g/mol. The molecule has 9 heteroatoms. The third-order valence-corrected chi connectivity index (χ3v) is 4.86. The maximum absolute atomic E-state index is 13.9. The first-order chi connectivity index (χ1) is 14.9. The topological polar surface area (TPSA) is 94.0 Å². The lowest BCUT2D eigenvalue weighted by Crippen LogP contribution is -2.13. The number of hydrogen-bond donors (Lipinski definition) is 2. The number of methoxy groups -OCH3 is 1. The van der Waals surface area contributed by atoms with Gasteiger partial charge in [-0.3, -0.25) is 4.79 Å². The molecule has 0 saturated heterocycles. The van der Waals surface area contributed by atoms with Crippen LogP contribution in [0.1, 0.15) is 28.9 Å². The number of fused-ring (bicyclic) bond motifs is 1. The molecule has 1 atom stereocenters. The Bertz CT molecular complexity index is 1260. The van der Waals surface area contributed by atoms with Crippen LogP contribution >= 0.6 is 0 Å². The van der Waals surface area contributed by atoms with Gasteiger partial charge in [0.25, 0.3) is 5.91 Å². The molecule has 0 fully saturated rings. The summed E-state index contributed by atoms with van der Waals surface area (Å²) in [5.74, 6) is -0.294. The molecule has 0 saturated carbocycles. The van der Waals surface area contributed by atoms with E-state index in [1.807, 2.05) is 32.2 Å². The highest BCUT2D eigenvalue weighted by Crippen LogP contribution is 2.23. The zero-order valence-electron chi connectivity index (χ0n) is 17.3. The maximum atomic E-state index is 13.9. The number of benzene rings is 2. The summed E-state index contributed by atoms with van der Waals surface area (Å²) in [6.07, 6.45) is 3.32. The van der Waals surface area contributed by atoms with E-state index in [4.69, 9.17) is 4.74 Å². The predicted molar refractivity (Wildman–Crippen MR) is 116 cm³/mol. The highest BCUT2D eigenvalue weighted by molar-refractivity contribution is 6.04. The van der Waals surface area contributed by atoms with Gasteiger partial charge in [0, 0.05) is 18.3 Å². The molecule has 1 amide bonds. The molecule has 0 unspecified atom stereocenters. The summed E-state index contributed by atoms with van der Waals surface area (Å²) < 4.78 is 20.4. The van der Waals surface area contributed by atoms with Crippen LogP contribution in [0.4, 0.5) is 15.9 Å². The summed E-state index contributed by atoms with van der Waals surface area (Å²) in [4.78, 5) is 21.4. The second-order valence-electron chi connectivity index (χ2n) is 7.03. The summed E-state index contributed by atoms with van der Waals surface area (Å²) in [6.45, 7) is 1.98. The zero-order valence-corrected chi connectivity index (χ0v) is 17.3. The Labute approximate surface area is 178 Å². The fourth-order valence-corrected chi connectivity index (χ4v) is 3.19. The van der Waals surface area contributed by atoms with E-state index in [0.717, 1.165) is 17.1 Å². The van der Waals surface area contributed by atoms with Crippen LogP contribution in [0.2, 0.25) is 0 Å². The number of carbonyl (C=O) groups excluding carboxylic acids is 1. The van der Waals surface area contributed by atoms with Gasteiger partial charge in [-0.15, -0.1) is 0 Å². The van der Waals surface area contributed by atoms with Gasteiger partial charge >= 0.3 is 0 Å². The number of hydrogen-bond acceptors (Lipinski definition) is 6. The molecule has 0 aliphatic heterocycles. The van der Waals surface area contributed by atoms with E-state index in [1.165, 1.54) is 19.2 Å². The SMILES string of the molecule is COc1ccc(C(=O)Nc2cccc([C@H](C)Nc3cnc4cnn(C)c4n3)c2)cc1F. The van der Waals surface area contributed by atoms with Crippen LogP contribution in [0.25, 0.3) is 11.2 Å². The second kappa shape index (κ2) is 8.39. The van der Waals surface area contributed by atoms with Crippen molar-refractivity contribution in [1.82, 2.24) is 19.7 Å². The quantitative estimate of drug-likeness (QED) is 0.491. The number of nitrogens with zero attached hydrogens (tertiary/aromatic N) is 4. The van der Waals surface area contributed by atoms with Crippen molar-refractivity contribution in [2.45, 2.75) is 13.0 Å². The smallest absolute Gasteiger partial charge is 0.255 e. The van der Waals surface area contributed by atoms with Crippen molar-refractivity contribution >= 4 is 28.6 Å². The fraction of sp³-hybridized carbons (Fsp3) is 0.182. The maximum Gasteiger partial charge on any atom is 0.255 e. The van der Waals surface area contributed by atoms with Gasteiger partial charge in [0.1, 0.15) is 11.3 Å². The minimum atomic E-state index is -0.590. The first-order valence-corrected chi connectivity index (χ1v) is 9.60. The zero-order chi connectivity index (χ0) is 22.0. The summed E-state index contributed by atoms with van der Waals surface area (Å²) in [6, 6.07) is 11.4. The van der Waals surface area contributed by atoms with E-state index in [0.29, 0.717) is 17.2 Å². The van der Waals surface area contributed by atoms with E-state index in [-0.39, 0.29) is 17.4 Å². The molecule has 4 rings (SSSR count). The van der Waals surface area contributed by atoms with Crippen molar-refractivity contribution in [2.75, 3.05) is 17.7 Å². The van der Waals surface area contributed by atoms with Gasteiger partial charge < -0.3 is 15.4 Å². The van der Waals surface area contributed by atoms with E-state index in [2.05, 4.69) is 25.7 Å². The van der Waals surface area contributed by atoms with Crippen molar-refractivity contribution in [2.24, 2.45) is 7.05 Å². The minimum Gasteiger partial charge on any atom is -0.494 e. The molecule has 0 bridgehead atoms. The van der Waals surface area contributed by atoms with Crippen LogP contribution in [0.3, 0.4) is 0 Å². The molecule has 2 aromatic heterocycles. The lowest BCUT2D eigenvalue weighted by atomic mass is 10.1. The largest absolute Gasteiger partial charge is 0.494 e. The Kier molecular flexibility index (Phi) is 5.48. The number of rotatable bonds is 6. The van der Waals surface area contributed by atoms with Crippen molar-refractivity contribution in [3.63, 3.8) is 0 Å². The number of nitrogens with one attached hydrogen (secondary N) is 2. The summed E-state index contributed by atoms with van der Waals surface area (Å²) in [7, 11) is 3.18. The van der Waals surface area contributed by atoms with Crippen LogP contribution in [0.15, 0.2) is 54.9 Å². The van der Waals surface area contributed by atoms with Gasteiger partial charge in [-0.05, 0) is 42.8 Å². The average molecular weight is 420 g/mol. The third kappa shape index (κ3) is 4.30. The van der Waals surface area contributed by atoms with Crippen LogP contribution in [0.5, 0.6) is 5.75 Å². The normalized spacial score (nSPS) is 11.9. The Morgan fingerprint density at radius 2 is 2.03 bits per heavy atom. The molecule has 0 aliphatic rings. The third-order valence-electron chi connectivity index (χ3n) is 4.86. The van der Waals surface area contributed by atoms with Gasteiger partial charge in [0.05, 0.1) is 25.5 Å². The molecule has 31 heavy (non-hydrogen) atoms. The molecule has 0 radical (unpaired) electrons. The molecule has 2 heterocycles. The van der Waals surface area contributed by atoms with Crippen LogP contribution in [0, 0.1) is 5.82 Å². The molecule has 8 nitrogen and oxygen atoms in total. The van der Waals surface area contributed by atoms with E-state index in [9.17, 15) is 9.18 Å². The Hall–Kier alpha value is -4.01. The summed E-state index contributed by atoms with van der Waals surface area (Å²) in [5.41, 5.74) is 3.14. The fourth-order valence-electron chi connectivity index (χ4n) is 3.19. The Balaban J connectivity index is 1.48. The van der Waals surface area contributed by atoms with E-state index < -0.39 is 11.7 Å². The number of carbonyl (C=O) groups is 1. The van der Waals surface area contributed by atoms with Gasteiger partial charge in [0.2, 0.25) is 0 Å². The van der Waals surface area contributed by atoms with Crippen molar-refractivity contribution in [3.8, 4) is 5.75 Å². The number of halogens is 1. The van der Waals surface area contributed by atoms with Crippen LogP contribution < -0.4 is 15.4 Å². The Morgan fingerprint density at radius 3 is 2.81 bits per heavy atom. The summed E-state index contributed by atoms with van der Waals surface area (Å²) in [5, 5.41) is 10.3. The monoisotopic (exact) mass is 420 g/mol. The lowest BCUT2D eigenvalue weighted by Gasteiger charge is -2.16. The first kappa shape index (κ1) is 20.3. The van der Waals surface area contributed by atoms with Crippen molar-refractivity contribution < 1.29 is 13.9 Å². The van der Waals surface area contributed by atoms with Crippen molar-refractivity contribution in [1.29, 1.82) is 0 Å². The minimum absolute atomic E-state index is 0.0888. The predicted octanol–water partition coefficient (Wildman–Crippen LogP) is 3.94. The molecule has 2 N–H and O–H groups in total. The number of ether oxygens (including phenoxy) is 1. The highest BCUT2D eigenvalue weighted by Gasteiger charge is 2.13. The van der Waals surface area contributed by atoms with Gasteiger partial charge in [-0.2, -0.15) is 5.10 Å².